The van der Waals surface area contributed by atoms with Crippen molar-refractivity contribution in [3.8, 4) is 5.75 Å². The van der Waals surface area contributed by atoms with Gasteiger partial charge in [0, 0.05) is 18.8 Å². The van der Waals surface area contributed by atoms with E-state index in [0.717, 1.165) is 6.42 Å². The molecule has 0 aliphatic carbocycles. The highest BCUT2D eigenvalue weighted by Crippen LogP contribution is 2.27. The van der Waals surface area contributed by atoms with E-state index in [1.165, 1.54) is 18.2 Å². The molecule has 0 spiro atoms. The van der Waals surface area contributed by atoms with Gasteiger partial charge in [0.05, 0.1) is 23.5 Å². The van der Waals surface area contributed by atoms with Crippen LogP contribution in [0.15, 0.2) is 47.3 Å². The largest absolute Gasteiger partial charge is 0.573 e. The summed E-state index contributed by atoms with van der Waals surface area (Å²) in [7, 11) is 0. The predicted molar refractivity (Wildman–Crippen MR) is 109 cm³/mol. The number of halogens is 3. The summed E-state index contributed by atoms with van der Waals surface area (Å²) in [5, 5.41) is 0. The Bertz CT molecular complexity index is 1170. The smallest absolute Gasteiger partial charge is 0.406 e. The molecule has 3 aromatic rings. The van der Waals surface area contributed by atoms with E-state index in [0.29, 0.717) is 41.8 Å². The van der Waals surface area contributed by atoms with Crippen LogP contribution in [0, 0.1) is 0 Å². The third-order valence-corrected chi connectivity index (χ3v) is 5.34. The first-order valence-corrected chi connectivity index (χ1v) is 9.82. The number of carbonyl (C=O) groups is 1. The first kappa shape index (κ1) is 20.8. The molecule has 1 atom stereocenters. The van der Waals surface area contributed by atoms with E-state index in [-0.39, 0.29) is 29.8 Å². The van der Waals surface area contributed by atoms with Crippen molar-refractivity contribution in [3.63, 3.8) is 0 Å². The lowest BCUT2D eigenvalue weighted by Crippen LogP contribution is -2.43. The van der Waals surface area contributed by atoms with Crippen LogP contribution >= 0.6 is 0 Å². The molecule has 1 aliphatic rings. The average molecular weight is 434 g/mol. The van der Waals surface area contributed by atoms with E-state index < -0.39 is 6.36 Å². The summed E-state index contributed by atoms with van der Waals surface area (Å²) in [5.74, 6) is -0.585. The molecule has 1 amide bonds. The van der Waals surface area contributed by atoms with Gasteiger partial charge in [0.2, 0.25) is 5.91 Å². The lowest BCUT2D eigenvalue weighted by atomic mass is 10.0. The molecule has 31 heavy (non-hydrogen) atoms. The Hall–Kier alpha value is -3.43. The summed E-state index contributed by atoms with van der Waals surface area (Å²) in [4.78, 5) is 29.8. The van der Waals surface area contributed by atoms with Gasteiger partial charge in [-0.1, -0.05) is 12.1 Å². The number of carbonyl (C=O) groups excluding carboxylic acids is 1. The molecule has 164 valence electrons. The molecule has 4 rings (SSSR count). The van der Waals surface area contributed by atoms with Gasteiger partial charge in [-0.2, -0.15) is 0 Å². The number of hydrogen-bond donors (Lipinski definition) is 2. The zero-order valence-corrected chi connectivity index (χ0v) is 16.5. The number of aromatic amines is 1. The Balaban J connectivity index is 1.50. The van der Waals surface area contributed by atoms with Crippen molar-refractivity contribution >= 4 is 22.6 Å². The summed E-state index contributed by atoms with van der Waals surface area (Å²) in [6.07, 6.45) is -3.42. The van der Waals surface area contributed by atoms with E-state index >= 15 is 0 Å². The van der Waals surface area contributed by atoms with Crippen LogP contribution in [-0.4, -0.2) is 39.8 Å². The van der Waals surface area contributed by atoms with Crippen molar-refractivity contribution in [2.75, 3.05) is 18.8 Å². The Morgan fingerprint density at radius 3 is 2.81 bits per heavy atom. The molecule has 0 bridgehead atoms. The number of imidazole rings is 1. The lowest BCUT2D eigenvalue weighted by Gasteiger charge is -2.33. The number of rotatable bonds is 4. The fourth-order valence-electron chi connectivity index (χ4n) is 4.03. The highest BCUT2D eigenvalue weighted by Gasteiger charge is 2.31. The fraction of sp³-hybridized carbons (Fsp3) is 0.333. The minimum Gasteiger partial charge on any atom is -0.406 e. The molecule has 7 nitrogen and oxygen atoms in total. The van der Waals surface area contributed by atoms with Crippen LogP contribution in [-0.2, 0) is 11.2 Å². The zero-order chi connectivity index (χ0) is 22.2. The standard InChI is InChI=1S/C21H21F3N4O3/c22-21(23,24)31-16-5-1-3-13(9-16)10-19(29)27-8-2-4-15(12-27)28-18-11-14(25)6-7-17(18)26-20(28)30/h1,3,5-7,9,11,15H,2,4,8,10,12,25H2,(H,26,30)/t15-/m0/s1. The molecule has 1 fully saturated rings. The van der Waals surface area contributed by atoms with Gasteiger partial charge in [-0.25, -0.2) is 4.79 Å². The van der Waals surface area contributed by atoms with Crippen LogP contribution in [0.3, 0.4) is 0 Å². The Morgan fingerprint density at radius 1 is 1.23 bits per heavy atom. The minimum atomic E-state index is -4.79. The van der Waals surface area contributed by atoms with Gasteiger partial charge in [-0.05, 0) is 48.7 Å². The van der Waals surface area contributed by atoms with Gasteiger partial charge in [0.15, 0.2) is 0 Å². The number of hydrogen-bond acceptors (Lipinski definition) is 4. The number of ether oxygens (including phenoxy) is 1. The van der Waals surface area contributed by atoms with Gasteiger partial charge in [0.25, 0.3) is 0 Å². The molecule has 0 saturated carbocycles. The summed E-state index contributed by atoms with van der Waals surface area (Å²) < 4.78 is 42.9. The molecule has 1 aliphatic heterocycles. The number of nitrogen functional groups attached to an aromatic ring is 1. The topological polar surface area (TPSA) is 93.4 Å². The van der Waals surface area contributed by atoms with Crippen molar-refractivity contribution in [3.05, 3.63) is 58.5 Å². The Kier molecular flexibility index (Phi) is 5.38. The number of amides is 1. The number of benzene rings is 2. The molecule has 0 unspecified atom stereocenters. The highest BCUT2D eigenvalue weighted by atomic mass is 19.4. The van der Waals surface area contributed by atoms with E-state index in [1.54, 1.807) is 33.7 Å². The number of likely N-dealkylation sites (tertiary alicyclic amines) is 1. The van der Waals surface area contributed by atoms with Crippen LogP contribution in [0.1, 0.15) is 24.4 Å². The second-order valence-electron chi connectivity index (χ2n) is 7.58. The van der Waals surface area contributed by atoms with Crippen LogP contribution in [0.4, 0.5) is 18.9 Å². The number of anilines is 1. The summed E-state index contributed by atoms with van der Waals surface area (Å²) in [6.45, 7) is 0.854. The third kappa shape index (κ3) is 4.68. The summed E-state index contributed by atoms with van der Waals surface area (Å²) in [5.41, 5.74) is 7.91. The number of aromatic nitrogens is 2. The molecular formula is C21H21F3N4O3. The van der Waals surface area contributed by atoms with E-state index in [4.69, 9.17) is 5.73 Å². The molecule has 0 radical (unpaired) electrons. The second-order valence-corrected chi connectivity index (χ2v) is 7.58. The second kappa shape index (κ2) is 8.01. The molecule has 10 heteroatoms. The van der Waals surface area contributed by atoms with Crippen molar-refractivity contribution in [1.29, 1.82) is 0 Å². The van der Waals surface area contributed by atoms with Gasteiger partial charge < -0.3 is 20.4 Å². The monoisotopic (exact) mass is 434 g/mol. The van der Waals surface area contributed by atoms with Gasteiger partial charge in [-0.3, -0.25) is 9.36 Å². The maximum atomic E-state index is 12.8. The summed E-state index contributed by atoms with van der Waals surface area (Å²) >= 11 is 0. The number of nitrogens with zero attached hydrogens (tertiary/aromatic N) is 2. The molecular weight excluding hydrogens is 413 g/mol. The van der Waals surface area contributed by atoms with Crippen molar-refractivity contribution in [1.82, 2.24) is 14.5 Å². The number of fused-ring (bicyclic) bond motifs is 1. The molecule has 1 saturated heterocycles. The third-order valence-electron chi connectivity index (χ3n) is 5.34. The Labute approximate surface area is 175 Å². The average Bonchev–Trinajstić information content (AvgIpc) is 3.02. The first-order chi connectivity index (χ1) is 14.7. The number of H-pyrrole nitrogens is 1. The normalized spacial score (nSPS) is 17.1. The molecule has 2 aromatic carbocycles. The highest BCUT2D eigenvalue weighted by molar-refractivity contribution is 5.80. The van der Waals surface area contributed by atoms with Crippen LogP contribution in [0.2, 0.25) is 0 Å². The maximum absolute atomic E-state index is 12.8. The van der Waals surface area contributed by atoms with Crippen LogP contribution in [0.25, 0.3) is 11.0 Å². The van der Waals surface area contributed by atoms with Crippen molar-refractivity contribution in [2.45, 2.75) is 31.7 Å². The van der Waals surface area contributed by atoms with Crippen LogP contribution < -0.4 is 16.2 Å². The Morgan fingerprint density at radius 2 is 2.03 bits per heavy atom. The van der Waals surface area contributed by atoms with Gasteiger partial charge in [0.1, 0.15) is 5.75 Å². The van der Waals surface area contributed by atoms with E-state index in [1.807, 2.05) is 0 Å². The van der Waals surface area contributed by atoms with Crippen molar-refractivity contribution in [2.24, 2.45) is 0 Å². The molecule has 1 aromatic heterocycles. The first-order valence-electron chi connectivity index (χ1n) is 9.82. The predicted octanol–water partition coefficient (Wildman–Crippen LogP) is 3.22. The van der Waals surface area contributed by atoms with Crippen molar-refractivity contribution < 1.29 is 22.7 Å². The van der Waals surface area contributed by atoms with Gasteiger partial charge in [-0.15, -0.1) is 13.2 Å². The quantitative estimate of drug-likeness (QED) is 0.617. The SMILES string of the molecule is Nc1ccc2[nH]c(=O)n([C@H]3CCCN(C(=O)Cc4cccc(OC(F)(F)F)c4)C3)c2c1. The number of nitrogens with one attached hydrogen (secondary N) is 1. The van der Waals surface area contributed by atoms with Gasteiger partial charge >= 0.3 is 12.1 Å². The molecule has 3 N–H and O–H groups in total. The maximum Gasteiger partial charge on any atom is 0.573 e. The summed E-state index contributed by atoms with van der Waals surface area (Å²) in [6, 6.07) is 10.3. The minimum absolute atomic E-state index is 0.0580. The number of alkyl halides is 3. The van der Waals surface area contributed by atoms with Crippen LogP contribution in [0.5, 0.6) is 5.75 Å². The number of nitrogens with two attached hydrogens (primary N) is 1. The fourth-order valence-corrected chi connectivity index (χ4v) is 4.03. The zero-order valence-electron chi connectivity index (χ0n) is 16.5. The molecule has 2 heterocycles. The lowest BCUT2D eigenvalue weighted by molar-refractivity contribution is -0.274. The number of piperidine rings is 1. The van der Waals surface area contributed by atoms with E-state index in [9.17, 15) is 22.8 Å². The van der Waals surface area contributed by atoms with E-state index in [2.05, 4.69) is 9.72 Å².